The maximum absolute atomic E-state index is 12.3. The van der Waals surface area contributed by atoms with Gasteiger partial charge in [0.05, 0.1) is 29.3 Å². The van der Waals surface area contributed by atoms with Crippen molar-refractivity contribution in [2.75, 3.05) is 19.8 Å². The Morgan fingerprint density at radius 3 is 2.71 bits per heavy atom. The van der Waals surface area contributed by atoms with Crippen molar-refractivity contribution >= 4 is 33.7 Å². The normalized spacial score (nSPS) is 12.0. The summed E-state index contributed by atoms with van der Waals surface area (Å²) in [6.07, 6.45) is 5.33. The average Bonchev–Trinajstić information content (AvgIpc) is 2.83. The van der Waals surface area contributed by atoms with Crippen LogP contribution in [0.5, 0.6) is 0 Å². The van der Waals surface area contributed by atoms with Crippen molar-refractivity contribution < 1.29 is 8.42 Å². The first-order valence-electron chi connectivity index (χ1n) is 5.72. The van der Waals surface area contributed by atoms with E-state index in [-0.39, 0.29) is 16.4 Å². The molecule has 10 heteroatoms. The second-order valence-electron chi connectivity index (χ2n) is 4.35. The lowest BCUT2D eigenvalue weighted by Crippen LogP contribution is -2.12. The number of aromatic nitrogens is 3. The van der Waals surface area contributed by atoms with Crippen LogP contribution in [0.2, 0.25) is 5.02 Å². The minimum Gasteiger partial charge on any atom is -0.397 e. The predicted octanol–water partition coefficient (Wildman–Crippen LogP) is 0.781. The van der Waals surface area contributed by atoms with Crippen LogP contribution in [0.25, 0.3) is 5.82 Å². The molecule has 0 radical (unpaired) electrons. The molecule has 112 valence electrons. The van der Waals surface area contributed by atoms with Crippen molar-refractivity contribution in [2.45, 2.75) is 4.90 Å². The summed E-state index contributed by atoms with van der Waals surface area (Å²) >= 11 is 5.79. The monoisotopic (exact) mass is 328 g/mol. The van der Waals surface area contributed by atoms with E-state index in [1.54, 1.807) is 14.1 Å². The van der Waals surface area contributed by atoms with E-state index in [1.807, 2.05) is 0 Å². The summed E-state index contributed by atoms with van der Waals surface area (Å²) in [4.78, 5) is 5.35. The van der Waals surface area contributed by atoms with Crippen LogP contribution in [0, 0.1) is 0 Å². The number of halogens is 1. The summed E-state index contributed by atoms with van der Waals surface area (Å²) in [7, 11) is -0.651. The van der Waals surface area contributed by atoms with Crippen molar-refractivity contribution in [1.29, 1.82) is 0 Å². The van der Waals surface area contributed by atoms with E-state index in [0.29, 0.717) is 5.02 Å². The second-order valence-corrected chi connectivity index (χ2v) is 6.39. The van der Waals surface area contributed by atoms with Gasteiger partial charge in [0.1, 0.15) is 11.2 Å². The van der Waals surface area contributed by atoms with Gasteiger partial charge in [-0.25, -0.2) is 9.67 Å². The van der Waals surface area contributed by atoms with Crippen LogP contribution in [0.3, 0.4) is 0 Å². The number of nitrogen functional groups attached to an aromatic ring is 1. The van der Waals surface area contributed by atoms with Crippen molar-refractivity contribution in [3.8, 4) is 5.82 Å². The molecule has 2 aromatic rings. The summed E-state index contributed by atoms with van der Waals surface area (Å²) < 4.78 is 29.4. The van der Waals surface area contributed by atoms with Crippen molar-refractivity contribution in [2.24, 2.45) is 4.40 Å². The molecule has 0 aliphatic carbocycles. The minimum atomic E-state index is -3.97. The highest BCUT2D eigenvalue weighted by atomic mass is 35.5. The zero-order valence-electron chi connectivity index (χ0n) is 11.3. The minimum absolute atomic E-state index is 0.0759. The molecule has 0 aromatic carbocycles. The molecule has 0 amide bonds. The van der Waals surface area contributed by atoms with Gasteiger partial charge in [-0.05, 0) is 6.07 Å². The Balaban J connectivity index is 2.60. The Hall–Kier alpha value is -2.13. The molecule has 0 saturated heterocycles. The fourth-order valence-corrected chi connectivity index (χ4v) is 2.67. The summed E-state index contributed by atoms with van der Waals surface area (Å²) in [5, 5.41) is 4.30. The highest BCUT2D eigenvalue weighted by Crippen LogP contribution is 2.22. The number of sulfonamides is 1. The first-order valence-corrected chi connectivity index (χ1v) is 7.54. The molecular weight excluding hydrogens is 316 g/mol. The van der Waals surface area contributed by atoms with Gasteiger partial charge in [0, 0.05) is 14.1 Å². The summed E-state index contributed by atoms with van der Waals surface area (Å²) in [5.74, 6) is 0.0759. The number of rotatable bonds is 4. The fraction of sp³-hybridized carbons (Fsp3) is 0.182. The van der Waals surface area contributed by atoms with Crippen molar-refractivity contribution in [3.63, 3.8) is 0 Å². The molecule has 0 fully saturated rings. The average molecular weight is 329 g/mol. The molecule has 0 saturated carbocycles. The van der Waals surface area contributed by atoms with Crippen LogP contribution in [0.15, 0.2) is 34.0 Å². The number of nitrogens with two attached hydrogens (primary N) is 1. The van der Waals surface area contributed by atoms with Gasteiger partial charge in [-0.2, -0.15) is 13.5 Å². The highest BCUT2D eigenvalue weighted by Gasteiger charge is 2.21. The topological polar surface area (TPSA) is 106 Å². The van der Waals surface area contributed by atoms with Crippen molar-refractivity contribution in [3.05, 3.63) is 29.7 Å². The molecule has 0 aliphatic rings. The third-order valence-corrected chi connectivity index (χ3v) is 3.74. The number of hydrogen-bond donors (Lipinski definition) is 1. The largest absolute Gasteiger partial charge is 0.397 e. The number of nitrogens with zero attached hydrogens (tertiary/aromatic N) is 5. The van der Waals surface area contributed by atoms with E-state index < -0.39 is 10.0 Å². The maximum Gasteiger partial charge on any atom is 0.287 e. The van der Waals surface area contributed by atoms with Crippen LogP contribution in [0.4, 0.5) is 5.69 Å². The van der Waals surface area contributed by atoms with E-state index in [4.69, 9.17) is 17.3 Å². The molecule has 2 N–H and O–H groups in total. The lowest BCUT2D eigenvalue weighted by Gasteiger charge is -2.08. The molecule has 21 heavy (non-hydrogen) atoms. The first kappa shape index (κ1) is 15.3. The van der Waals surface area contributed by atoms with Gasteiger partial charge in [0.2, 0.25) is 0 Å². The maximum atomic E-state index is 12.3. The predicted molar refractivity (Wildman–Crippen MR) is 80.1 cm³/mol. The third-order valence-electron chi connectivity index (χ3n) is 2.32. The third kappa shape index (κ3) is 3.50. The van der Waals surface area contributed by atoms with E-state index in [9.17, 15) is 8.42 Å². The van der Waals surface area contributed by atoms with Crippen molar-refractivity contribution in [1.82, 2.24) is 19.7 Å². The highest BCUT2D eigenvalue weighted by molar-refractivity contribution is 7.90. The van der Waals surface area contributed by atoms with E-state index in [0.717, 1.165) is 0 Å². The number of anilines is 1. The fourth-order valence-electron chi connectivity index (χ4n) is 1.44. The van der Waals surface area contributed by atoms with E-state index in [2.05, 4.69) is 14.5 Å². The molecular formula is C11H13ClN6O2S. The van der Waals surface area contributed by atoms with E-state index in [1.165, 1.54) is 40.6 Å². The Labute approximate surface area is 126 Å². The van der Waals surface area contributed by atoms with E-state index >= 15 is 0 Å². The Morgan fingerprint density at radius 1 is 1.43 bits per heavy atom. The smallest absolute Gasteiger partial charge is 0.287 e. The first-order chi connectivity index (χ1) is 9.79. The molecule has 0 atom stereocenters. The second kappa shape index (κ2) is 5.70. The van der Waals surface area contributed by atoms with Crippen LogP contribution >= 0.6 is 11.6 Å². The molecule has 2 rings (SSSR count). The van der Waals surface area contributed by atoms with Gasteiger partial charge in [-0.1, -0.05) is 11.6 Å². The number of pyridine rings is 1. The van der Waals surface area contributed by atoms with Gasteiger partial charge in [-0.3, -0.25) is 0 Å². The standard InChI is InChI=1S/C11H13ClN6O2S/c1-17(2)7-16-21(19,20)10-3-9(13)5-14-11(10)18-6-8(12)4-15-18/h3-7H,13H2,1-2H3. The molecule has 8 nitrogen and oxygen atoms in total. The molecule has 0 spiro atoms. The van der Waals surface area contributed by atoms with Gasteiger partial charge >= 0.3 is 0 Å². The summed E-state index contributed by atoms with van der Waals surface area (Å²) in [5.41, 5.74) is 5.82. The summed E-state index contributed by atoms with van der Waals surface area (Å²) in [6.45, 7) is 0. The lowest BCUT2D eigenvalue weighted by atomic mass is 10.4. The number of hydrogen-bond acceptors (Lipinski definition) is 5. The van der Waals surface area contributed by atoms with Crippen LogP contribution in [-0.4, -0.2) is 48.5 Å². The zero-order chi connectivity index (χ0) is 15.6. The van der Waals surface area contributed by atoms with Gasteiger partial charge in [0.15, 0.2) is 5.82 Å². The summed E-state index contributed by atoms with van der Waals surface area (Å²) in [6, 6.07) is 1.28. The van der Waals surface area contributed by atoms with Crippen LogP contribution in [-0.2, 0) is 10.0 Å². The SMILES string of the molecule is CN(C)C=NS(=O)(=O)c1cc(N)cnc1-n1cc(Cl)cn1. The molecule has 0 unspecified atom stereocenters. The van der Waals surface area contributed by atoms with Crippen LogP contribution in [0.1, 0.15) is 0 Å². The molecule has 2 aromatic heterocycles. The molecule has 0 bridgehead atoms. The molecule has 0 aliphatic heterocycles. The van der Waals surface area contributed by atoms with Gasteiger partial charge < -0.3 is 10.6 Å². The van der Waals surface area contributed by atoms with Gasteiger partial charge in [-0.15, -0.1) is 4.40 Å². The van der Waals surface area contributed by atoms with Gasteiger partial charge in [0.25, 0.3) is 10.0 Å². The quantitative estimate of drug-likeness (QED) is 0.656. The van der Waals surface area contributed by atoms with Crippen LogP contribution < -0.4 is 5.73 Å². The Morgan fingerprint density at radius 2 is 2.14 bits per heavy atom. The molecule has 2 heterocycles. The zero-order valence-corrected chi connectivity index (χ0v) is 12.9. The lowest BCUT2D eigenvalue weighted by molar-refractivity contribution is 0.593. The Bertz CT molecular complexity index is 784. The Kier molecular flexibility index (Phi) is 4.14.